The Morgan fingerprint density at radius 2 is 1.81 bits per heavy atom. The van der Waals surface area contributed by atoms with Crippen LogP contribution in [0.25, 0.3) is 5.70 Å². The molecule has 1 heterocycles. The van der Waals surface area contributed by atoms with E-state index in [0.29, 0.717) is 44.9 Å². The van der Waals surface area contributed by atoms with E-state index in [-0.39, 0.29) is 6.03 Å². The minimum absolute atomic E-state index is 0.377. The first kappa shape index (κ1) is 18.1. The summed E-state index contributed by atoms with van der Waals surface area (Å²) in [6.45, 7) is 0. The van der Waals surface area contributed by atoms with Crippen molar-refractivity contribution >= 4 is 52.5 Å². The fourth-order valence-electron chi connectivity index (χ4n) is 2.41. The van der Waals surface area contributed by atoms with Gasteiger partial charge in [-0.1, -0.05) is 23.2 Å². The van der Waals surface area contributed by atoms with Gasteiger partial charge in [-0.25, -0.2) is 4.79 Å². The van der Waals surface area contributed by atoms with Crippen LogP contribution in [0.5, 0.6) is 5.75 Å². The molecule has 0 radical (unpaired) electrons. The van der Waals surface area contributed by atoms with E-state index in [2.05, 4.69) is 21.2 Å². The van der Waals surface area contributed by atoms with Gasteiger partial charge in [0, 0.05) is 39.6 Å². The van der Waals surface area contributed by atoms with E-state index in [4.69, 9.17) is 27.9 Å². The van der Waals surface area contributed by atoms with Crippen molar-refractivity contribution in [2.75, 3.05) is 17.7 Å². The number of ether oxygens (including phenoxy) is 1. The van der Waals surface area contributed by atoms with Crippen molar-refractivity contribution in [1.82, 2.24) is 5.43 Å². The van der Waals surface area contributed by atoms with Crippen molar-refractivity contribution in [3.8, 4) is 5.75 Å². The van der Waals surface area contributed by atoms with Gasteiger partial charge in [0.2, 0.25) is 0 Å². The van der Waals surface area contributed by atoms with Crippen molar-refractivity contribution in [3.63, 3.8) is 0 Å². The quantitative estimate of drug-likeness (QED) is 0.696. The van der Waals surface area contributed by atoms with Crippen LogP contribution in [0, 0.1) is 0 Å². The monoisotopic (exact) mass is 390 g/mol. The zero-order valence-corrected chi connectivity index (χ0v) is 15.4. The molecule has 3 N–H and O–H groups in total. The SMILES string of the molecule is COc1ccc(NC(=O)Nc2ccc(Cl)cc2)cc1C1=C(Cl)CC=NN1. The minimum atomic E-state index is -0.377. The van der Waals surface area contributed by atoms with Crippen LogP contribution in [0.2, 0.25) is 5.02 Å². The van der Waals surface area contributed by atoms with Crippen molar-refractivity contribution in [2.24, 2.45) is 5.10 Å². The fraction of sp³-hybridized carbons (Fsp3) is 0.111. The van der Waals surface area contributed by atoms with E-state index >= 15 is 0 Å². The highest BCUT2D eigenvalue weighted by Crippen LogP contribution is 2.32. The lowest BCUT2D eigenvalue weighted by atomic mass is 10.1. The topological polar surface area (TPSA) is 74.8 Å². The normalized spacial score (nSPS) is 13.2. The summed E-state index contributed by atoms with van der Waals surface area (Å²) in [5, 5.41) is 10.8. The summed E-state index contributed by atoms with van der Waals surface area (Å²) in [4.78, 5) is 12.2. The summed E-state index contributed by atoms with van der Waals surface area (Å²) < 4.78 is 5.39. The number of nitrogens with one attached hydrogen (secondary N) is 3. The number of anilines is 2. The molecule has 0 bridgehead atoms. The number of carbonyl (C=O) groups excluding carboxylic acids is 1. The average Bonchev–Trinajstić information content (AvgIpc) is 2.64. The Kier molecular flexibility index (Phi) is 5.65. The zero-order valence-electron chi connectivity index (χ0n) is 13.8. The van der Waals surface area contributed by atoms with Crippen LogP contribution < -0.4 is 20.8 Å². The molecule has 8 heteroatoms. The van der Waals surface area contributed by atoms with E-state index in [0.717, 1.165) is 0 Å². The van der Waals surface area contributed by atoms with E-state index in [9.17, 15) is 4.79 Å². The summed E-state index contributed by atoms with van der Waals surface area (Å²) in [7, 11) is 1.57. The average molecular weight is 391 g/mol. The lowest BCUT2D eigenvalue weighted by Gasteiger charge is -2.17. The van der Waals surface area contributed by atoms with Gasteiger partial charge < -0.3 is 15.4 Å². The van der Waals surface area contributed by atoms with E-state index in [1.165, 1.54) is 0 Å². The molecule has 134 valence electrons. The van der Waals surface area contributed by atoms with Gasteiger partial charge in [-0.2, -0.15) is 5.10 Å². The van der Waals surface area contributed by atoms with Gasteiger partial charge in [0.25, 0.3) is 0 Å². The van der Waals surface area contributed by atoms with Crippen molar-refractivity contribution in [3.05, 3.63) is 58.1 Å². The molecule has 1 aliphatic heterocycles. The summed E-state index contributed by atoms with van der Waals surface area (Å²) in [6, 6.07) is 11.7. The number of hydrazone groups is 1. The minimum Gasteiger partial charge on any atom is -0.496 e. The van der Waals surface area contributed by atoms with Gasteiger partial charge in [0.05, 0.1) is 12.8 Å². The number of benzene rings is 2. The van der Waals surface area contributed by atoms with Crippen LogP contribution in [0.1, 0.15) is 12.0 Å². The van der Waals surface area contributed by atoms with E-state index < -0.39 is 0 Å². The fourth-order valence-corrected chi connectivity index (χ4v) is 2.75. The maximum atomic E-state index is 12.2. The molecule has 0 aliphatic carbocycles. The number of nitrogens with zero attached hydrogens (tertiary/aromatic N) is 1. The number of carbonyl (C=O) groups is 1. The molecule has 0 unspecified atom stereocenters. The lowest BCUT2D eigenvalue weighted by molar-refractivity contribution is 0.262. The van der Waals surface area contributed by atoms with Crippen LogP contribution in [-0.4, -0.2) is 19.4 Å². The molecule has 2 amide bonds. The molecule has 26 heavy (non-hydrogen) atoms. The Labute approximate surface area is 160 Å². The first-order valence-corrected chi connectivity index (χ1v) is 8.50. The van der Waals surface area contributed by atoms with E-state index in [1.54, 1.807) is 55.8 Å². The molecule has 0 saturated heterocycles. The maximum Gasteiger partial charge on any atom is 0.323 e. The standard InChI is InChI=1S/C18H16Cl2N4O2/c1-26-16-7-6-13(10-14(16)17-15(20)8-9-21-24-17)23-18(25)22-12-4-2-11(19)3-5-12/h2-7,9-10,24H,8H2,1H3,(H2,22,23,25). The predicted molar refractivity (Wildman–Crippen MR) is 106 cm³/mol. The second-order valence-electron chi connectivity index (χ2n) is 5.41. The van der Waals surface area contributed by atoms with Crippen molar-refractivity contribution < 1.29 is 9.53 Å². The first-order valence-electron chi connectivity index (χ1n) is 7.75. The highest BCUT2D eigenvalue weighted by Gasteiger charge is 2.16. The summed E-state index contributed by atoms with van der Waals surface area (Å²) in [5.74, 6) is 0.617. The second-order valence-corrected chi connectivity index (χ2v) is 6.30. The molecule has 0 spiro atoms. The maximum absolute atomic E-state index is 12.2. The molecule has 0 aromatic heterocycles. The number of hydrogen-bond donors (Lipinski definition) is 3. The number of hydrogen-bond acceptors (Lipinski definition) is 4. The van der Waals surface area contributed by atoms with E-state index in [1.807, 2.05) is 0 Å². The number of methoxy groups -OCH3 is 1. The molecule has 0 saturated carbocycles. The molecule has 6 nitrogen and oxygen atoms in total. The van der Waals surface area contributed by atoms with Gasteiger partial charge in [-0.15, -0.1) is 0 Å². The van der Waals surface area contributed by atoms with Gasteiger partial charge in [0.1, 0.15) is 5.75 Å². The van der Waals surface area contributed by atoms with Crippen LogP contribution in [-0.2, 0) is 0 Å². The van der Waals surface area contributed by atoms with Gasteiger partial charge >= 0.3 is 6.03 Å². The number of amides is 2. The van der Waals surface area contributed by atoms with Crippen LogP contribution in [0.3, 0.4) is 0 Å². The molecule has 2 aromatic carbocycles. The van der Waals surface area contributed by atoms with Crippen LogP contribution in [0.15, 0.2) is 52.6 Å². The Morgan fingerprint density at radius 1 is 1.12 bits per heavy atom. The Morgan fingerprint density at radius 3 is 2.50 bits per heavy atom. The Hall–Kier alpha value is -2.70. The Bertz CT molecular complexity index is 879. The van der Waals surface area contributed by atoms with Crippen LogP contribution in [0.4, 0.5) is 16.2 Å². The zero-order chi connectivity index (χ0) is 18.5. The van der Waals surface area contributed by atoms with Gasteiger partial charge in [-0.3, -0.25) is 5.43 Å². The number of rotatable bonds is 4. The summed E-state index contributed by atoms with van der Waals surface area (Å²) in [6.07, 6.45) is 2.21. The van der Waals surface area contributed by atoms with Gasteiger partial charge in [-0.05, 0) is 42.5 Å². The van der Waals surface area contributed by atoms with Crippen molar-refractivity contribution in [1.29, 1.82) is 0 Å². The lowest BCUT2D eigenvalue weighted by Crippen LogP contribution is -2.19. The summed E-state index contributed by atoms with van der Waals surface area (Å²) in [5.41, 5.74) is 5.45. The third-order valence-electron chi connectivity index (χ3n) is 3.64. The molecule has 0 fully saturated rings. The third-order valence-corrected chi connectivity index (χ3v) is 4.23. The Balaban J connectivity index is 1.79. The van der Waals surface area contributed by atoms with Crippen LogP contribution >= 0.6 is 23.2 Å². The largest absolute Gasteiger partial charge is 0.496 e. The molecule has 2 aromatic rings. The third kappa shape index (κ3) is 4.28. The number of allylic oxidation sites excluding steroid dienone is 1. The smallest absolute Gasteiger partial charge is 0.323 e. The van der Waals surface area contributed by atoms with Gasteiger partial charge in [0.15, 0.2) is 0 Å². The molecule has 3 rings (SSSR count). The first-order chi connectivity index (χ1) is 12.6. The second kappa shape index (κ2) is 8.12. The highest BCUT2D eigenvalue weighted by atomic mass is 35.5. The predicted octanol–water partition coefficient (Wildman–Crippen LogP) is 4.88. The highest BCUT2D eigenvalue weighted by molar-refractivity contribution is 6.33. The molecule has 0 atom stereocenters. The number of halogens is 2. The molecule has 1 aliphatic rings. The van der Waals surface area contributed by atoms with Crippen molar-refractivity contribution in [2.45, 2.75) is 6.42 Å². The summed E-state index contributed by atoms with van der Waals surface area (Å²) >= 11 is 12.1. The number of urea groups is 1. The molecular formula is C18H16Cl2N4O2. The molecular weight excluding hydrogens is 375 g/mol.